The summed E-state index contributed by atoms with van der Waals surface area (Å²) in [5.41, 5.74) is 0. The molecule has 7 heteroatoms. The van der Waals surface area contributed by atoms with E-state index in [1.54, 1.807) is 0 Å². The Bertz CT molecular complexity index is 310. The predicted molar refractivity (Wildman–Crippen MR) is 68.0 cm³/mol. The Morgan fingerprint density at radius 3 is 2.79 bits per heavy atom. The fourth-order valence-electron chi connectivity index (χ4n) is 1.99. The van der Waals surface area contributed by atoms with Gasteiger partial charge in [0.2, 0.25) is 0 Å². The number of urea groups is 1. The number of aliphatic carboxylic acids is 1. The third-order valence-corrected chi connectivity index (χ3v) is 3.23. The number of amides is 2. The van der Waals surface area contributed by atoms with Crippen molar-refractivity contribution in [2.24, 2.45) is 5.92 Å². The molecule has 0 aromatic carbocycles. The van der Waals surface area contributed by atoms with Gasteiger partial charge in [0, 0.05) is 32.7 Å². The second-order valence-corrected chi connectivity index (χ2v) is 4.62. The topological polar surface area (TPSA) is 88.1 Å². The van der Waals surface area contributed by atoms with E-state index in [9.17, 15) is 9.59 Å². The quantitative estimate of drug-likeness (QED) is 0.690. The fraction of sp³-hybridized carbons (Fsp3) is 0.833. The van der Waals surface area contributed by atoms with Crippen molar-refractivity contribution in [2.75, 3.05) is 40.0 Å². The standard InChI is InChI=1S/C12H22N2O5/c1-9-10(3-5-19-9)7-13-12(17)14(4-6-18-2)8-11(15)16/h9-10H,3-8H2,1-2H3,(H,13,17)(H,15,16). The van der Waals surface area contributed by atoms with Crippen molar-refractivity contribution in [3.8, 4) is 0 Å². The SMILES string of the molecule is COCCN(CC(=O)O)C(=O)NCC1CCOC1C. The van der Waals surface area contributed by atoms with Crippen LogP contribution in [0.1, 0.15) is 13.3 Å². The average molecular weight is 274 g/mol. The first-order valence-electron chi connectivity index (χ1n) is 6.39. The molecule has 1 fully saturated rings. The van der Waals surface area contributed by atoms with Crippen LogP contribution in [-0.4, -0.2) is 68.1 Å². The number of hydrogen-bond acceptors (Lipinski definition) is 4. The van der Waals surface area contributed by atoms with Gasteiger partial charge in [0.1, 0.15) is 6.54 Å². The molecular formula is C12H22N2O5. The molecule has 0 saturated carbocycles. The lowest BCUT2D eigenvalue weighted by molar-refractivity contribution is -0.137. The molecule has 1 saturated heterocycles. The Hall–Kier alpha value is -1.34. The molecule has 2 unspecified atom stereocenters. The van der Waals surface area contributed by atoms with E-state index < -0.39 is 5.97 Å². The van der Waals surface area contributed by atoms with E-state index in [0.29, 0.717) is 19.8 Å². The molecule has 19 heavy (non-hydrogen) atoms. The predicted octanol–water partition coefficient (Wildman–Crippen LogP) is 0.154. The Balaban J connectivity index is 2.39. The van der Waals surface area contributed by atoms with Gasteiger partial charge in [-0.25, -0.2) is 4.79 Å². The molecule has 0 aromatic heterocycles. The van der Waals surface area contributed by atoms with E-state index in [1.165, 1.54) is 12.0 Å². The van der Waals surface area contributed by atoms with Crippen molar-refractivity contribution in [2.45, 2.75) is 19.4 Å². The second kappa shape index (κ2) is 7.96. The lowest BCUT2D eigenvalue weighted by Crippen LogP contribution is -2.46. The number of carboxylic acids is 1. The highest BCUT2D eigenvalue weighted by Gasteiger charge is 2.25. The van der Waals surface area contributed by atoms with E-state index in [4.69, 9.17) is 14.6 Å². The maximum atomic E-state index is 11.9. The van der Waals surface area contributed by atoms with E-state index in [2.05, 4.69) is 5.32 Å². The van der Waals surface area contributed by atoms with Crippen molar-refractivity contribution in [1.82, 2.24) is 10.2 Å². The van der Waals surface area contributed by atoms with Crippen LogP contribution in [0.2, 0.25) is 0 Å². The maximum Gasteiger partial charge on any atom is 0.323 e. The van der Waals surface area contributed by atoms with E-state index >= 15 is 0 Å². The zero-order valence-corrected chi connectivity index (χ0v) is 11.4. The molecule has 0 aromatic rings. The molecule has 1 aliphatic heterocycles. The summed E-state index contributed by atoms with van der Waals surface area (Å²) in [4.78, 5) is 23.8. The second-order valence-electron chi connectivity index (χ2n) is 4.62. The highest BCUT2D eigenvalue weighted by atomic mass is 16.5. The van der Waals surface area contributed by atoms with Crippen molar-refractivity contribution in [3.05, 3.63) is 0 Å². The average Bonchev–Trinajstić information content (AvgIpc) is 2.76. The minimum Gasteiger partial charge on any atom is -0.480 e. The van der Waals surface area contributed by atoms with Crippen molar-refractivity contribution < 1.29 is 24.2 Å². The Morgan fingerprint density at radius 2 is 2.26 bits per heavy atom. The summed E-state index contributed by atoms with van der Waals surface area (Å²) in [5, 5.41) is 11.5. The minimum absolute atomic E-state index is 0.132. The summed E-state index contributed by atoms with van der Waals surface area (Å²) in [5.74, 6) is -0.748. The van der Waals surface area contributed by atoms with Crippen LogP contribution in [0.3, 0.4) is 0 Å². The monoisotopic (exact) mass is 274 g/mol. The van der Waals surface area contributed by atoms with Crippen molar-refractivity contribution >= 4 is 12.0 Å². The molecular weight excluding hydrogens is 252 g/mol. The van der Waals surface area contributed by atoms with Gasteiger partial charge in [-0.05, 0) is 13.3 Å². The molecule has 0 radical (unpaired) electrons. The third-order valence-electron chi connectivity index (χ3n) is 3.23. The van der Waals surface area contributed by atoms with Gasteiger partial charge in [-0.15, -0.1) is 0 Å². The van der Waals surface area contributed by atoms with Gasteiger partial charge in [-0.1, -0.05) is 0 Å². The minimum atomic E-state index is -1.04. The molecule has 2 N–H and O–H groups in total. The fourth-order valence-corrected chi connectivity index (χ4v) is 1.99. The van der Waals surface area contributed by atoms with Gasteiger partial charge in [-0.3, -0.25) is 4.79 Å². The number of carboxylic acid groups (broad SMARTS) is 1. The lowest BCUT2D eigenvalue weighted by Gasteiger charge is -2.22. The van der Waals surface area contributed by atoms with Crippen LogP contribution in [0.4, 0.5) is 4.79 Å². The summed E-state index contributed by atoms with van der Waals surface area (Å²) in [6, 6.07) is -0.376. The molecule has 0 aliphatic carbocycles. The molecule has 0 spiro atoms. The van der Waals surface area contributed by atoms with Crippen LogP contribution in [-0.2, 0) is 14.3 Å². The molecule has 1 heterocycles. The largest absolute Gasteiger partial charge is 0.480 e. The zero-order chi connectivity index (χ0) is 14.3. The van der Waals surface area contributed by atoms with Crippen LogP contribution in [0, 0.1) is 5.92 Å². The Morgan fingerprint density at radius 1 is 1.53 bits per heavy atom. The molecule has 110 valence electrons. The van der Waals surface area contributed by atoms with Gasteiger partial charge >= 0.3 is 12.0 Å². The molecule has 0 bridgehead atoms. The van der Waals surface area contributed by atoms with Gasteiger partial charge < -0.3 is 24.8 Å². The number of methoxy groups -OCH3 is 1. The summed E-state index contributed by atoms with van der Waals surface area (Å²) >= 11 is 0. The number of ether oxygens (including phenoxy) is 2. The van der Waals surface area contributed by atoms with Crippen LogP contribution in [0.25, 0.3) is 0 Å². The van der Waals surface area contributed by atoms with Crippen LogP contribution < -0.4 is 5.32 Å². The molecule has 2 amide bonds. The van der Waals surface area contributed by atoms with Gasteiger partial charge in [0.15, 0.2) is 0 Å². The normalized spacial score (nSPS) is 22.2. The number of nitrogens with one attached hydrogen (secondary N) is 1. The van der Waals surface area contributed by atoms with E-state index in [-0.39, 0.29) is 31.1 Å². The summed E-state index contributed by atoms with van der Waals surface area (Å²) in [6.45, 7) is 3.43. The molecule has 7 nitrogen and oxygen atoms in total. The van der Waals surface area contributed by atoms with Gasteiger partial charge in [-0.2, -0.15) is 0 Å². The summed E-state index contributed by atoms with van der Waals surface area (Å²) in [6.07, 6.45) is 1.05. The van der Waals surface area contributed by atoms with Crippen molar-refractivity contribution in [3.63, 3.8) is 0 Å². The number of carbonyl (C=O) groups excluding carboxylic acids is 1. The number of hydrogen-bond donors (Lipinski definition) is 2. The summed E-state index contributed by atoms with van der Waals surface area (Å²) < 4.78 is 10.3. The molecule has 2 atom stereocenters. The highest BCUT2D eigenvalue weighted by Crippen LogP contribution is 2.19. The maximum absolute atomic E-state index is 11.9. The Kier molecular flexibility index (Phi) is 6.58. The van der Waals surface area contributed by atoms with E-state index in [0.717, 1.165) is 6.42 Å². The summed E-state index contributed by atoms with van der Waals surface area (Å²) in [7, 11) is 1.51. The van der Waals surface area contributed by atoms with E-state index in [1.807, 2.05) is 6.92 Å². The van der Waals surface area contributed by atoms with Gasteiger partial charge in [0.25, 0.3) is 0 Å². The van der Waals surface area contributed by atoms with Crippen LogP contribution in [0.5, 0.6) is 0 Å². The zero-order valence-electron chi connectivity index (χ0n) is 11.4. The first-order valence-corrected chi connectivity index (χ1v) is 6.39. The highest BCUT2D eigenvalue weighted by molar-refractivity contribution is 5.80. The third kappa shape index (κ3) is 5.44. The van der Waals surface area contributed by atoms with Gasteiger partial charge in [0.05, 0.1) is 12.7 Å². The Labute approximate surface area is 112 Å². The lowest BCUT2D eigenvalue weighted by atomic mass is 10.0. The number of nitrogens with zero attached hydrogens (tertiary/aromatic N) is 1. The first-order chi connectivity index (χ1) is 9.04. The molecule has 1 rings (SSSR count). The number of carbonyl (C=O) groups is 2. The van der Waals surface area contributed by atoms with Crippen LogP contribution in [0.15, 0.2) is 0 Å². The van der Waals surface area contributed by atoms with Crippen molar-refractivity contribution in [1.29, 1.82) is 0 Å². The van der Waals surface area contributed by atoms with Crippen LogP contribution >= 0.6 is 0 Å². The number of rotatable bonds is 7. The smallest absolute Gasteiger partial charge is 0.323 e. The molecule has 1 aliphatic rings. The first kappa shape index (κ1) is 15.7.